The molecule has 5 heteroatoms. The molecule has 82 valence electrons. The number of nitrogens with zero attached hydrogens (tertiary/aromatic N) is 1. The number of carboxylic acids is 1. The minimum atomic E-state index is -0.958. The van der Waals surface area contributed by atoms with Crippen molar-refractivity contribution in [2.75, 3.05) is 24.6 Å². The molecule has 0 aromatic rings. The number of likely N-dealkylation sites (N-methyl/N-ethyl adjacent to an activating group) is 1. The monoisotopic (exact) mass is 219 g/mol. The summed E-state index contributed by atoms with van der Waals surface area (Å²) in [4.78, 5) is 23.2. The molecule has 0 aliphatic carbocycles. The molecule has 0 fully saturated rings. The molecular formula is C9H17NO3S. The van der Waals surface area contributed by atoms with Crippen LogP contribution in [-0.4, -0.2) is 46.5 Å². The van der Waals surface area contributed by atoms with Gasteiger partial charge in [0, 0.05) is 6.54 Å². The number of hydrogen-bond donors (Lipinski definition) is 1. The van der Waals surface area contributed by atoms with Crippen LogP contribution in [0.1, 0.15) is 20.3 Å². The van der Waals surface area contributed by atoms with Crippen LogP contribution in [-0.2, 0) is 9.59 Å². The summed E-state index contributed by atoms with van der Waals surface area (Å²) >= 11 is 1.55. The van der Waals surface area contributed by atoms with Crippen molar-refractivity contribution >= 4 is 23.6 Å². The van der Waals surface area contributed by atoms with E-state index < -0.39 is 5.97 Å². The Bertz CT molecular complexity index is 196. The first-order valence-corrected chi connectivity index (χ1v) is 5.84. The Labute approximate surface area is 88.7 Å². The summed E-state index contributed by atoms with van der Waals surface area (Å²) in [6.07, 6.45) is 1.03. The van der Waals surface area contributed by atoms with E-state index in [2.05, 4.69) is 0 Å². The number of amides is 1. The van der Waals surface area contributed by atoms with Crippen LogP contribution in [0.5, 0.6) is 0 Å². The number of rotatable bonds is 7. The normalized spacial score (nSPS) is 9.86. The molecule has 14 heavy (non-hydrogen) atoms. The van der Waals surface area contributed by atoms with Gasteiger partial charge in [-0.3, -0.25) is 9.59 Å². The van der Waals surface area contributed by atoms with Crippen LogP contribution in [0.2, 0.25) is 0 Å². The van der Waals surface area contributed by atoms with Crippen LogP contribution in [0, 0.1) is 0 Å². The molecule has 0 unspecified atom stereocenters. The molecule has 0 saturated heterocycles. The van der Waals surface area contributed by atoms with Crippen LogP contribution >= 0.6 is 11.8 Å². The Morgan fingerprint density at radius 2 is 2.00 bits per heavy atom. The van der Waals surface area contributed by atoms with E-state index in [0.717, 1.165) is 12.2 Å². The zero-order chi connectivity index (χ0) is 11.0. The van der Waals surface area contributed by atoms with Gasteiger partial charge in [0.15, 0.2) is 0 Å². The van der Waals surface area contributed by atoms with Gasteiger partial charge < -0.3 is 10.0 Å². The van der Waals surface area contributed by atoms with Crippen LogP contribution in [0.25, 0.3) is 0 Å². The zero-order valence-electron chi connectivity index (χ0n) is 8.65. The number of carbonyl (C=O) groups excluding carboxylic acids is 1. The highest BCUT2D eigenvalue weighted by atomic mass is 32.2. The molecule has 1 N–H and O–H groups in total. The Balaban J connectivity index is 3.85. The first-order valence-electron chi connectivity index (χ1n) is 4.69. The summed E-state index contributed by atoms with van der Waals surface area (Å²) in [5.41, 5.74) is 0. The zero-order valence-corrected chi connectivity index (χ0v) is 9.47. The van der Waals surface area contributed by atoms with Gasteiger partial charge >= 0.3 is 5.97 Å². The average molecular weight is 219 g/mol. The van der Waals surface area contributed by atoms with E-state index in [1.54, 1.807) is 18.7 Å². The van der Waals surface area contributed by atoms with Gasteiger partial charge in [-0.15, -0.1) is 0 Å². The molecule has 0 aromatic heterocycles. The van der Waals surface area contributed by atoms with Crippen molar-refractivity contribution in [3.8, 4) is 0 Å². The van der Waals surface area contributed by atoms with Crippen LogP contribution in [0.4, 0.5) is 0 Å². The van der Waals surface area contributed by atoms with E-state index >= 15 is 0 Å². The molecule has 0 heterocycles. The van der Waals surface area contributed by atoms with Crippen molar-refractivity contribution in [3.05, 3.63) is 0 Å². The molecule has 0 saturated carbocycles. The Morgan fingerprint density at radius 1 is 1.36 bits per heavy atom. The predicted molar refractivity (Wildman–Crippen MR) is 57.5 cm³/mol. The van der Waals surface area contributed by atoms with E-state index in [9.17, 15) is 9.59 Å². The van der Waals surface area contributed by atoms with Gasteiger partial charge in [0.25, 0.3) is 0 Å². The van der Waals surface area contributed by atoms with E-state index in [-0.39, 0.29) is 12.5 Å². The molecule has 0 aromatic carbocycles. The van der Waals surface area contributed by atoms with Gasteiger partial charge in [0.05, 0.1) is 5.75 Å². The molecule has 1 amide bonds. The van der Waals surface area contributed by atoms with Gasteiger partial charge in [-0.05, 0) is 19.1 Å². The fourth-order valence-corrected chi connectivity index (χ4v) is 1.72. The Hall–Kier alpha value is -0.710. The smallest absolute Gasteiger partial charge is 0.323 e. The number of carboxylic acid groups (broad SMARTS) is 1. The summed E-state index contributed by atoms with van der Waals surface area (Å²) in [5.74, 6) is 0.278. The maximum absolute atomic E-state index is 11.4. The Morgan fingerprint density at radius 3 is 2.43 bits per heavy atom. The molecular weight excluding hydrogens is 202 g/mol. The van der Waals surface area contributed by atoms with Crippen LogP contribution < -0.4 is 0 Å². The van der Waals surface area contributed by atoms with Crippen molar-refractivity contribution in [2.24, 2.45) is 0 Å². The summed E-state index contributed by atoms with van der Waals surface area (Å²) in [6, 6.07) is 0. The largest absolute Gasteiger partial charge is 0.480 e. The van der Waals surface area contributed by atoms with Gasteiger partial charge in [-0.2, -0.15) is 11.8 Å². The third kappa shape index (κ3) is 5.85. The molecule has 0 radical (unpaired) electrons. The standard InChI is InChI=1S/C9H17NO3S/c1-3-5-14-7-8(11)10(4-2)6-9(12)13/h3-7H2,1-2H3,(H,12,13). The summed E-state index contributed by atoms with van der Waals surface area (Å²) in [5, 5.41) is 8.53. The molecule has 4 nitrogen and oxygen atoms in total. The van der Waals surface area contributed by atoms with Crippen molar-refractivity contribution in [1.82, 2.24) is 4.90 Å². The number of aliphatic carboxylic acids is 1. The van der Waals surface area contributed by atoms with Crippen molar-refractivity contribution in [1.29, 1.82) is 0 Å². The molecule has 0 rings (SSSR count). The average Bonchev–Trinajstić information content (AvgIpc) is 2.14. The van der Waals surface area contributed by atoms with Gasteiger partial charge in [-0.1, -0.05) is 6.92 Å². The molecule has 0 aliphatic rings. The minimum Gasteiger partial charge on any atom is -0.480 e. The summed E-state index contributed by atoms with van der Waals surface area (Å²) in [6.45, 7) is 4.09. The number of thioether (sulfide) groups is 1. The lowest BCUT2D eigenvalue weighted by Gasteiger charge is -2.17. The quantitative estimate of drug-likeness (QED) is 0.651. The van der Waals surface area contributed by atoms with E-state index in [4.69, 9.17) is 5.11 Å². The first kappa shape index (κ1) is 13.3. The van der Waals surface area contributed by atoms with Crippen molar-refractivity contribution in [2.45, 2.75) is 20.3 Å². The highest BCUT2D eigenvalue weighted by Crippen LogP contribution is 2.04. The second-order valence-electron chi connectivity index (χ2n) is 2.85. The maximum Gasteiger partial charge on any atom is 0.323 e. The topological polar surface area (TPSA) is 57.6 Å². The lowest BCUT2D eigenvalue weighted by Crippen LogP contribution is -2.36. The van der Waals surface area contributed by atoms with Gasteiger partial charge in [0.1, 0.15) is 6.54 Å². The third-order valence-corrected chi connectivity index (χ3v) is 2.78. The highest BCUT2D eigenvalue weighted by molar-refractivity contribution is 7.99. The van der Waals surface area contributed by atoms with Crippen molar-refractivity contribution in [3.63, 3.8) is 0 Å². The van der Waals surface area contributed by atoms with Gasteiger partial charge in [0.2, 0.25) is 5.91 Å². The lowest BCUT2D eigenvalue weighted by molar-refractivity contribution is -0.143. The Kier molecular flexibility index (Phi) is 7.28. The first-order chi connectivity index (χ1) is 6.61. The molecule has 0 bridgehead atoms. The highest BCUT2D eigenvalue weighted by Gasteiger charge is 2.13. The van der Waals surface area contributed by atoms with E-state index in [1.807, 2.05) is 6.92 Å². The number of hydrogen-bond acceptors (Lipinski definition) is 3. The van der Waals surface area contributed by atoms with Crippen LogP contribution in [0.15, 0.2) is 0 Å². The number of carbonyl (C=O) groups is 2. The predicted octanol–water partition coefficient (Wildman–Crippen LogP) is 1.06. The molecule has 0 atom stereocenters. The SMILES string of the molecule is CCCSCC(=O)N(CC)CC(=O)O. The maximum atomic E-state index is 11.4. The lowest BCUT2D eigenvalue weighted by atomic mass is 10.4. The van der Waals surface area contributed by atoms with Crippen molar-refractivity contribution < 1.29 is 14.7 Å². The molecule has 0 spiro atoms. The molecule has 0 aliphatic heterocycles. The fraction of sp³-hybridized carbons (Fsp3) is 0.778. The second kappa shape index (κ2) is 7.67. The van der Waals surface area contributed by atoms with Crippen LogP contribution in [0.3, 0.4) is 0 Å². The summed E-state index contributed by atoms with van der Waals surface area (Å²) < 4.78 is 0. The fourth-order valence-electron chi connectivity index (χ4n) is 0.935. The van der Waals surface area contributed by atoms with Gasteiger partial charge in [-0.25, -0.2) is 0 Å². The van der Waals surface area contributed by atoms with E-state index in [0.29, 0.717) is 12.3 Å². The minimum absolute atomic E-state index is 0.0895. The van der Waals surface area contributed by atoms with E-state index in [1.165, 1.54) is 4.90 Å². The second-order valence-corrected chi connectivity index (χ2v) is 3.96. The summed E-state index contributed by atoms with van der Waals surface area (Å²) in [7, 11) is 0. The third-order valence-electron chi connectivity index (χ3n) is 1.63.